The van der Waals surface area contributed by atoms with E-state index in [-0.39, 0.29) is 25.5 Å². The molecule has 0 bridgehead atoms. The summed E-state index contributed by atoms with van der Waals surface area (Å²) in [5.41, 5.74) is 4.44. The summed E-state index contributed by atoms with van der Waals surface area (Å²) >= 11 is 0. The zero-order valence-electron chi connectivity index (χ0n) is 17.6. The minimum atomic E-state index is -1.17. The van der Waals surface area contributed by atoms with Gasteiger partial charge in [0.25, 0.3) is 0 Å². The number of amides is 2. The Hall–Kier alpha value is -3.88. The standard InChI is InChI=1S/C24H23N3O6/c28-21(29)10-19-23(31)27-11-13(9-20(27)22(30)26-19)25-24(32)33-12-18-16-7-3-1-5-14(16)15-6-2-4-8-17(15)18/h1-8,13,18-20H,9-12H2,(H,25,32)(H,26,30)(H,28,29)/p-1/t13-,19-,20-/m0/s1. The molecule has 3 aliphatic rings. The van der Waals surface area contributed by atoms with E-state index in [0.29, 0.717) is 0 Å². The predicted octanol–water partition coefficient (Wildman–Crippen LogP) is 0.474. The van der Waals surface area contributed by atoms with Crippen molar-refractivity contribution in [3.05, 3.63) is 59.7 Å². The Labute approximate surface area is 189 Å². The zero-order chi connectivity index (χ0) is 23.1. The first-order valence-corrected chi connectivity index (χ1v) is 10.8. The maximum Gasteiger partial charge on any atom is 0.305 e. The number of aliphatic carboxylic acids is 1. The number of piperazine rings is 1. The van der Waals surface area contributed by atoms with E-state index in [1.165, 1.54) is 4.90 Å². The van der Waals surface area contributed by atoms with Crippen molar-refractivity contribution in [1.82, 2.24) is 10.2 Å². The first-order chi connectivity index (χ1) is 15.9. The fourth-order valence-corrected chi connectivity index (χ4v) is 5.02. The molecule has 2 heterocycles. The van der Waals surface area contributed by atoms with E-state index in [1.54, 1.807) is 0 Å². The summed E-state index contributed by atoms with van der Waals surface area (Å²) in [7, 11) is 0. The topological polar surface area (TPSA) is 131 Å². The maximum atomic E-state index is 12.5. The van der Waals surface area contributed by atoms with E-state index in [4.69, 9.17) is 9.84 Å². The van der Waals surface area contributed by atoms with E-state index < -0.39 is 48.4 Å². The highest BCUT2D eigenvalue weighted by Gasteiger charge is 2.46. The number of nitrogens with one attached hydrogen (secondary N) is 1. The molecular weight excluding hydrogens is 426 g/mol. The first-order valence-electron chi connectivity index (χ1n) is 10.8. The Morgan fingerprint density at radius 2 is 1.76 bits per heavy atom. The second kappa shape index (κ2) is 8.23. The highest BCUT2D eigenvalue weighted by molar-refractivity contribution is 5.99. The number of hydrogen-bond acceptors (Lipinski definition) is 6. The lowest BCUT2D eigenvalue weighted by Gasteiger charge is -2.33. The largest absolute Gasteiger partial charge is 0.599 e. The normalized spacial score (nSPS) is 24.2. The lowest BCUT2D eigenvalue weighted by atomic mass is 9.98. The molecule has 2 aromatic rings. The Morgan fingerprint density at radius 1 is 1.12 bits per heavy atom. The van der Waals surface area contributed by atoms with Gasteiger partial charge in [-0.1, -0.05) is 48.5 Å². The van der Waals surface area contributed by atoms with Crippen molar-refractivity contribution in [1.29, 1.82) is 0 Å². The smallest absolute Gasteiger partial charge is 0.305 e. The van der Waals surface area contributed by atoms with Crippen LogP contribution in [-0.4, -0.2) is 65.2 Å². The van der Waals surface area contributed by atoms with Crippen molar-refractivity contribution < 1.29 is 29.3 Å². The number of carboxylic acids is 1. The molecule has 2 amide bonds. The Bertz CT molecular complexity index is 1120. The fraction of sp³-hybridized carbons (Fsp3) is 0.333. The number of carbonyl (C=O) groups is 3. The van der Waals surface area contributed by atoms with Crippen LogP contribution in [0.3, 0.4) is 0 Å². The molecule has 1 aliphatic carbocycles. The third-order valence-electron chi connectivity index (χ3n) is 6.48. The molecule has 9 nitrogen and oxygen atoms in total. The molecular formula is C24H22N3O6-. The van der Waals surface area contributed by atoms with Crippen molar-refractivity contribution in [2.24, 2.45) is 4.99 Å². The monoisotopic (exact) mass is 448 g/mol. The molecule has 0 unspecified atom stereocenters. The van der Waals surface area contributed by atoms with E-state index in [1.807, 2.05) is 36.4 Å². The molecule has 0 spiro atoms. The minimum absolute atomic E-state index is 0.0806. The molecule has 2 aliphatic heterocycles. The quantitative estimate of drug-likeness (QED) is 0.505. The number of rotatable bonds is 5. The van der Waals surface area contributed by atoms with Gasteiger partial charge in [0.15, 0.2) is 0 Å². The van der Waals surface area contributed by atoms with Crippen LogP contribution in [0.4, 0.5) is 0 Å². The van der Waals surface area contributed by atoms with E-state index in [9.17, 15) is 19.5 Å². The number of carbonyl (C=O) groups excluding carboxylic acids is 2. The molecule has 3 atom stereocenters. The van der Waals surface area contributed by atoms with Crippen molar-refractivity contribution in [3.8, 4) is 11.1 Å². The molecule has 170 valence electrons. The van der Waals surface area contributed by atoms with Gasteiger partial charge in [0.2, 0.25) is 11.8 Å². The molecule has 0 radical (unpaired) electrons. The van der Waals surface area contributed by atoms with E-state index >= 15 is 0 Å². The summed E-state index contributed by atoms with van der Waals surface area (Å²) in [4.78, 5) is 41.2. The summed E-state index contributed by atoms with van der Waals surface area (Å²) in [6, 6.07) is 13.6. The molecule has 2 fully saturated rings. The number of hydrogen-bond donors (Lipinski definition) is 2. The van der Waals surface area contributed by atoms with Gasteiger partial charge in [0.05, 0.1) is 12.5 Å². The Balaban J connectivity index is 1.26. The highest BCUT2D eigenvalue weighted by atomic mass is 16.6. The van der Waals surface area contributed by atoms with Crippen molar-refractivity contribution in [2.45, 2.75) is 36.9 Å². The molecule has 5 rings (SSSR count). The third kappa shape index (κ3) is 3.79. The zero-order valence-corrected chi connectivity index (χ0v) is 17.6. The van der Waals surface area contributed by atoms with Gasteiger partial charge in [0.1, 0.15) is 18.2 Å². The average Bonchev–Trinajstić information content (AvgIpc) is 3.35. The SMILES string of the molecule is O=C(O)C[C@@H]1NC(=O)[C@@H]2C[C@H](N=C([O-])OCC3c4ccccc4-c4ccccc43)CN2C1=O. The van der Waals surface area contributed by atoms with Gasteiger partial charge in [-0.3, -0.25) is 19.4 Å². The van der Waals surface area contributed by atoms with Gasteiger partial charge in [-0.25, -0.2) is 0 Å². The lowest BCUT2D eigenvalue weighted by molar-refractivity contribution is -0.251. The average molecular weight is 448 g/mol. The summed E-state index contributed by atoms with van der Waals surface area (Å²) in [6.07, 6.45) is -1.03. The number of benzene rings is 2. The van der Waals surface area contributed by atoms with Crippen molar-refractivity contribution in [2.75, 3.05) is 13.2 Å². The number of ether oxygens (including phenoxy) is 1. The van der Waals surface area contributed by atoms with Crippen LogP contribution >= 0.6 is 0 Å². The fourth-order valence-electron chi connectivity index (χ4n) is 5.02. The van der Waals surface area contributed by atoms with Gasteiger partial charge in [-0.05, 0) is 22.3 Å². The number of carboxylic acid groups (broad SMARTS) is 1. The van der Waals surface area contributed by atoms with Gasteiger partial charge in [0, 0.05) is 25.5 Å². The van der Waals surface area contributed by atoms with Gasteiger partial charge in [-0.2, -0.15) is 0 Å². The van der Waals surface area contributed by atoms with Crippen LogP contribution in [-0.2, 0) is 19.1 Å². The second-order valence-electron chi connectivity index (χ2n) is 8.49. The summed E-state index contributed by atoms with van der Waals surface area (Å²) < 4.78 is 5.50. The lowest BCUT2D eigenvalue weighted by Crippen LogP contribution is -2.61. The number of fused-ring (bicyclic) bond motifs is 4. The van der Waals surface area contributed by atoms with Crippen LogP contribution in [0, 0.1) is 0 Å². The molecule has 9 heteroatoms. The van der Waals surface area contributed by atoms with Gasteiger partial charge < -0.3 is 25.2 Å². The van der Waals surface area contributed by atoms with Crippen LogP contribution in [0.15, 0.2) is 53.5 Å². The van der Waals surface area contributed by atoms with Crippen LogP contribution in [0.25, 0.3) is 11.1 Å². The Morgan fingerprint density at radius 3 is 2.39 bits per heavy atom. The Kier molecular flexibility index (Phi) is 5.24. The number of nitrogens with zero attached hydrogens (tertiary/aromatic N) is 2. The first kappa shape index (κ1) is 21.0. The number of aliphatic imine (C=N–C) groups is 1. The van der Waals surface area contributed by atoms with Crippen LogP contribution in [0.1, 0.15) is 29.9 Å². The van der Waals surface area contributed by atoms with E-state index in [0.717, 1.165) is 22.3 Å². The maximum absolute atomic E-state index is 12.5. The second-order valence-corrected chi connectivity index (χ2v) is 8.49. The van der Waals surface area contributed by atoms with Gasteiger partial charge in [-0.15, -0.1) is 0 Å². The molecule has 0 aromatic heterocycles. The van der Waals surface area contributed by atoms with Crippen molar-refractivity contribution >= 4 is 23.9 Å². The summed E-state index contributed by atoms with van der Waals surface area (Å²) in [5, 5.41) is 23.9. The van der Waals surface area contributed by atoms with Crippen LogP contribution < -0.4 is 10.4 Å². The van der Waals surface area contributed by atoms with Gasteiger partial charge >= 0.3 is 5.97 Å². The highest BCUT2D eigenvalue weighted by Crippen LogP contribution is 2.44. The molecule has 2 N–H and O–H groups in total. The minimum Gasteiger partial charge on any atom is -0.599 e. The predicted molar refractivity (Wildman–Crippen MR) is 115 cm³/mol. The summed E-state index contributed by atoms with van der Waals surface area (Å²) in [6.45, 7) is 0.216. The molecule has 2 aromatic carbocycles. The third-order valence-corrected chi connectivity index (χ3v) is 6.48. The summed E-state index contributed by atoms with van der Waals surface area (Å²) in [5.74, 6) is -2.15. The van der Waals surface area contributed by atoms with Crippen LogP contribution in [0.5, 0.6) is 0 Å². The molecule has 2 saturated heterocycles. The van der Waals surface area contributed by atoms with E-state index in [2.05, 4.69) is 22.4 Å². The van der Waals surface area contributed by atoms with Crippen LogP contribution in [0.2, 0.25) is 0 Å². The van der Waals surface area contributed by atoms with Crippen molar-refractivity contribution in [3.63, 3.8) is 0 Å². The molecule has 33 heavy (non-hydrogen) atoms. The molecule has 0 saturated carbocycles.